The number of halogens is 5. The number of thiazole rings is 1. The van der Waals surface area contributed by atoms with E-state index in [-0.39, 0.29) is 68.5 Å². The highest BCUT2D eigenvalue weighted by Crippen LogP contribution is 2.40. The summed E-state index contributed by atoms with van der Waals surface area (Å²) in [5, 5.41) is 2.51. The van der Waals surface area contributed by atoms with E-state index in [4.69, 9.17) is 14.2 Å². The Balaban J connectivity index is 1.40. The molecule has 6 rings (SSSR count). The fraction of sp³-hybridized carbons (Fsp3) is 0.500. The van der Waals surface area contributed by atoms with Gasteiger partial charge in [0.2, 0.25) is 0 Å². The Morgan fingerprint density at radius 1 is 0.940 bits per heavy atom. The van der Waals surface area contributed by atoms with Crippen LogP contribution in [0.5, 0.6) is 6.01 Å². The zero-order chi connectivity index (χ0) is 36.3. The monoisotopic (exact) mass is 723 g/mol. The van der Waals surface area contributed by atoms with E-state index in [1.807, 2.05) is 0 Å². The number of benzene rings is 1. The lowest BCUT2D eigenvalue weighted by atomic mass is 10.1. The average molecular weight is 724 g/mol. The number of amides is 2. The summed E-state index contributed by atoms with van der Waals surface area (Å²) in [6.45, 7) is 9.03. The third-order valence-corrected chi connectivity index (χ3v) is 8.73. The lowest BCUT2D eigenvalue weighted by Crippen LogP contribution is -2.57. The largest absolute Gasteiger partial charge is 0.454 e. The van der Waals surface area contributed by atoms with Gasteiger partial charge in [-0.3, -0.25) is 15.2 Å². The molecule has 2 aliphatic rings. The van der Waals surface area contributed by atoms with Crippen LogP contribution in [0.2, 0.25) is 0 Å². The molecule has 0 radical (unpaired) electrons. The number of carbonyl (C=O) groups is 2. The van der Waals surface area contributed by atoms with Gasteiger partial charge in [0, 0.05) is 24.8 Å². The molecule has 2 saturated heterocycles. The van der Waals surface area contributed by atoms with Crippen LogP contribution < -0.4 is 15.0 Å². The van der Waals surface area contributed by atoms with Gasteiger partial charge >= 0.3 is 24.4 Å². The molecule has 1 N–H and O–H groups in total. The minimum atomic E-state index is -4.73. The summed E-state index contributed by atoms with van der Waals surface area (Å²) >= 11 is 0.796. The van der Waals surface area contributed by atoms with Crippen molar-refractivity contribution in [1.29, 1.82) is 0 Å². The number of ether oxygens (including phenoxy) is 3. The Labute approximate surface area is 286 Å². The molecule has 50 heavy (non-hydrogen) atoms. The molecule has 2 bridgehead atoms. The molecule has 0 aliphatic carbocycles. The molecule has 268 valence electrons. The van der Waals surface area contributed by atoms with Crippen LogP contribution in [-0.4, -0.2) is 86.2 Å². The van der Waals surface area contributed by atoms with E-state index >= 15 is 4.39 Å². The summed E-state index contributed by atoms with van der Waals surface area (Å²) < 4.78 is 86.7. The smallest absolute Gasteiger partial charge is 0.422 e. The number of nitrogens with one attached hydrogen (secondary N) is 1. The van der Waals surface area contributed by atoms with Gasteiger partial charge in [-0.2, -0.15) is 23.1 Å². The molecular weight excluding hydrogens is 689 g/mol. The van der Waals surface area contributed by atoms with Crippen molar-refractivity contribution in [3.05, 3.63) is 30.0 Å². The van der Waals surface area contributed by atoms with Gasteiger partial charge < -0.3 is 19.1 Å². The van der Waals surface area contributed by atoms with Gasteiger partial charge in [-0.1, -0.05) is 11.3 Å². The Morgan fingerprint density at radius 3 is 2.22 bits per heavy atom. The van der Waals surface area contributed by atoms with Crippen molar-refractivity contribution in [2.75, 3.05) is 29.9 Å². The maximum atomic E-state index is 16.6. The minimum absolute atomic E-state index is 0.00855. The van der Waals surface area contributed by atoms with Crippen molar-refractivity contribution >= 4 is 55.6 Å². The number of nitrogens with zero attached hydrogens (tertiary/aromatic N) is 6. The predicted molar refractivity (Wildman–Crippen MR) is 174 cm³/mol. The van der Waals surface area contributed by atoms with Crippen molar-refractivity contribution in [2.45, 2.75) is 83.8 Å². The van der Waals surface area contributed by atoms with Gasteiger partial charge in [-0.15, -0.1) is 0 Å². The Bertz CT molecular complexity index is 1960. The van der Waals surface area contributed by atoms with Crippen molar-refractivity contribution in [3.8, 4) is 17.3 Å². The zero-order valence-electron chi connectivity index (χ0n) is 27.9. The second kappa shape index (κ2) is 12.6. The van der Waals surface area contributed by atoms with Crippen molar-refractivity contribution < 1.29 is 45.8 Å². The number of hydrogen-bond donors (Lipinski definition) is 1. The summed E-state index contributed by atoms with van der Waals surface area (Å²) in [5.74, 6) is -1.65. The Morgan fingerprint density at radius 2 is 1.60 bits per heavy atom. The average Bonchev–Trinajstić information content (AvgIpc) is 3.52. The van der Waals surface area contributed by atoms with Gasteiger partial charge in [-0.25, -0.2) is 23.4 Å². The van der Waals surface area contributed by atoms with Crippen LogP contribution in [0.25, 0.3) is 32.4 Å². The number of anilines is 2. The van der Waals surface area contributed by atoms with Crippen molar-refractivity contribution in [2.24, 2.45) is 0 Å². The first-order valence-electron chi connectivity index (χ1n) is 15.7. The van der Waals surface area contributed by atoms with Crippen LogP contribution in [-0.2, 0) is 9.47 Å². The fourth-order valence-electron chi connectivity index (χ4n) is 5.96. The first-order chi connectivity index (χ1) is 23.3. The number of fused-ring (bicyclic) bond motifs is 4. The first-order valence-corrected chi connectivity index (χ1v) is 16.5. The number of hydrogen-bond acceptors (Lipinski definition) is 11. The first kappa shape index (κ1) is 35.2. The fourth-order valence-corrected chi connectivity index (χ4v) is 6.84. The lowest BCUT2D eigenvalue weighted by Gasteiger charge is -2.42. The minimum Gasteiger partial charge on any atom is -0.454 e. The normalized spacial score (nSPS) is 18.1. The molecule has 2 atom stereocenters. The Hall–Kier alpha value is -4.61. The topological polar surface area (TPSA) is 132 Å². The second-order valence-corrected chi connectivity index (χ2v) is 15.0. The predicted octanol–water partition coefficient (Wildman–Crippen LogP) is 7.46. The third kappa shape index (κ3) is 7.44. The second-order valence-electron chi connectivity index (χ2n) is 14.0. The number of piperazine rings is 1. The molecule has 3 aromatic heterocycles. The third-order valence-electron chi connectivity index (χ3n) is 7.75. The molecule has 1 aromatic carbocycles. The molecule has 2 unspecified atom stereocenters. The highest BCUT2D eigenvalue weighted by molar-refractivity contribution is 7.22. The molecule has 0 saturated carbocycles. The van der Waals surface area contributed by atoms with Crippen molar-refractivity contribution in [3.63, 3.8) is 0 Å². The van der Waals surface area contributed by atoms with Gasteiger partial charge in [-0.05, 0) is 66.5 Å². The van der Waals surface area contributed by atoms with E-state index in [9.17, 15) is 27.2 Å². The molecule has 0 spiro atoms. The summed E-state index contributed by atoms with van der Waals surface area (Å²) in [4.78, 5) is 45.7. The maximum Gasteiger partial charge on any atom is 0.422 e. The quantitative estimate of drug-likeness (QED) is 0.207. The van der Waals surface area contributed by atoms with E-state index in [1.54, 1.807) is 51.3 Å². The Kier molecular flexibility index (Phi) is 8.89. The van der Waals surface area contributed by atoms with Gasteiger partial charge in [0.25, 0.3) is 0 Å². The number of pyridine rings is 1. The summed E-state index contributed by atoms with van der Waals surface area (Å²) in [6, 6.07) is 1.02. The molecule has 18 heteroatoms. The van der Waals surface area contributed by atoms with Crippen LogP contribution in [0.3, 0.4) is 0 Å². The lowest BCUT2D eigenvalue weighted by molar-refractivity contribution is -0.154. The molecule has 2 amide bonds. The SMILES string of the molecule is CC(C)(C)OC(=O)Nc1nc2c(-c3ncc4c(N5CC6CCC(C5)N6C(=O)OC(C)(C)C)nc(OCC(F)(F)F)nc4c3F)ccc(F)c2s1. The highest BCUT2D eigenvalue weighted by Gasteiger charge is 2.45. The molecule has 4 aromatic rings. The van der Waals surface area contributed by atoms with E-state index < -0.39 is 53.8 Å². The summed E-state index contributed by atoms with van der Waals surface area (Å²) in [7, 11) is 0. The van der Waals surface area contributed by atoms with Crippen LogP contribution in [0, 0.1) is 11.6 Å². The van der Waals surface area contributed by atoms with Gasteiger partial charge in [0.1, 0.15) is 34.0 Å². The van der Waals surface area contributed by atoms with Crippen LogP contribution >= 0.6 is 11.3 Å². The highest BCUT2D eigenvalue weighted by atomic mass is 32.1. The molecule has 5 heterocycles. The summed E-state index contributed by atoms with van der Waals surface area (Å²) in [6.07, 6.45) is -3.45. The number of rotatable bonds is 5. The van der Waals surface area contributed by atoms with E-state index in [0.717, 1.165) is 17.4 Å². The molecule has 2 fully saturated rings. The van der Waals surface area contributed by atoms with E-state index in [2.05, 4.69) is 25.3 Å². The number of alkyl halides is 3. The van der Waals surface area contributed by atoms with Crippen LogP contribution in [0.15, 0.2) is 18.3 Å². The van der Waals surface area contributed by atoms with E-state index in [1.165, 1.54) is 12.3 Å². The zero-order valence-corrected chi connectivity index (χ0v) is 28.8. The van der Waals surface area contributed by atoms with E-state index in [0.29, 0.717) is 12.8 Å². The number of aromatic nitrogens is 4. The van der Waals surface area contributed by atoms with Crippen LogP contribution in [0.1, 0.15) is 54.4 Å². The standard InChI is InChI=1S/C32H34F5N7O5S/c1-30(2,3)48-28(45)42-27-40-23-17(9-10-19(33)24(23)50-27)21-20(34)22-18(11-38-21)25(41-26(39-22)47-14-32(35,36)37)43-12-15-7-8-16(13-43)44(15)29(46)49-31(4,5)6/h9-11,15-16H,7-8,12-14H2,1-6H3,(H,40,42,45). The molecular formula is C32H34F5N7O5S. The van der Waals surface area contributed by atoms with Crippen LogP contribution in [0.4, 0.5) is 42.5 Å². The number of carbonyl (C=O) groups excluding carboxylic acids is 2. The van der Waals surface area contributed by atoms with Crippen molar-refractivity contribution in [1.82, 2.24) is 24.8 Å². The summed E-state index contributed by atoms with van der Waals surface area (Å²) in [5.41, 5.74) is -2.23. The molecule has 2 aliphatic heterocycles. The maximum absolute atomic E-state index is 16.6. The van der Waals surface area contributed by atoms with Gasteiger partial charge in [0.05, 0.1) is 27.7 Å². The molecule has 12 nitrogen and oxygen atoms in total. The van der Waals surface area contributed by atoms with Gasteiger partial charge in [0.15, 0.2) is 17.6 Å².